The number of ketones is 1. The van der Waals surface area contributed by atoms with Crippen molar-refractivity contribution in [2.24, 2.45) is 0 Å². The first-order chi connectivity index (χ1) is 14.3. The van der Waals surface area contributed by atoms with Gasteiger partial charge in [0.25, 0.3) is 5.78 Å². The number of nitrogens with zero attached hydrogens (tertiary/aromatic N) is 2. The highest BCUT2D eigenvalue weighted by Gasteiger charge is 2.49. The number of aromatic nitrogens is 1. The number of aliphatic hydroxyl groups is 1. The number of benzene rings is 2. The van der Waals surface area contributed by atoms with Crippen molar-refractivity contribution in [1.82, 2.24) is 4.98 Å². The Bertz CT molecular complexity index is 1180. The van der Waals surface area contributed by atoms with Gasteiger partial charge in [-0.2, -0.15) is 0 Å². The number of rotatable bonds is 3. The summed E-state index contributed by atoms with van der Waals surface area (Å²) < 4.78 is 14.8. The van der Waals surface area contributed by atoms with Crippen LogP contribution in [0.25, 0.3) is 5.76 Å². The highest BCUT2D eigenvalue weighted by molar-refractivity contribution is 7.16. The van der Waals surface area contributed by atoms with Gasteiger partial charge >= 0.3 is 5.91 Å². The molecule has 8 heteroatoms. The molecule has 2 heterocycles. The Kier molecular flexibility index (Phi) is 5.17. The molecular formula is C22H16ClFN2O3S. The lowest BCUT2D eigenvalue weighted by atomic mass is 9.95. The van der Waals surface area contributed by atoms with Crippen molar-refractivity contribution in [2.75, 3.05) is 4.90 Å². The van der Waals surface area contributed by atoms with Gasteiger partial charge in [-0.05, 0) is 44.2 Å². The number of hydrogen-bond donors (Lipinski definition) is 1. The monoisotopic (exact) mass is 442 g/mol. The number of aryl methyl sites for hydroxylation is 2. The molecule has 1 saturated heterocycles. The zero-order valence-electron chi connectivity index (χ0n) is 16.0. The van der Waals surface area contributed by atoms with Gasteiger partial charge in [0.2, 0.25) is 0 Å². The smallest absolute Gasteiger partial charge is 0.301 e. The molecule has 5 nitrogen and oxygen atoms in total. The summed E-state index contributed by atoms with van der Waals surface area (Å²) in [4.78, 5) is 32.4. The van der Waals surface area contributed by atoms with Crippen LogP contribution in [0.5, 0.6) is 0 Å². The molecule has 0 radical (unpaired) electrons. The molecular weight excluding hydrogens is 427 g/mol. The van der Waals surface area contributed by atoms with Crippen LogP contribution in [0.1, 0.15) is 27.7 Å². The zero-order valence-corrected chi connectivity index (χ0v) is 17.6. The predicted octanol–water partition coefficient (Wildman–Crippen LogP) is 5.18. The van der Waals surface area contributed by atoms with Crippen molar-refractivity contribution in [3.63, 3.8) is 0 Å². The van der Waals surface area contributed by atoms with Crippen LogP contribution in [0.15, 0.2) is 54.1 Å². The van der Waals surface area contributed by atoms with Crippen molar-refractivity contribution < 1.29 is 19.1 Å². The van der Waals surface area contributed by atoms with E-state index in [1.807, 2.05) is 6.92 Å². The molecule has 1 aromatic heterocycles. The van der Waals surface area contributed by atoms with Gasteiger partial charge in [-0.1, -0.05) is 29.8 Å². The first kappa shape index (κ1) is 20.3. The molecule has 30 heavy (non-hydrogen) atoms. The summed E-state index contributed by atoms with van der Waals surface area (Å²) in [7, 11) is 0. The summed E-state index contributed by atoms with van der Waals surface area (Å²) in [6, 6.07) is 10.9. The molecule has 0 aliphatic carbocycles. The molecule has 1 amide bonds. The molecule has 0 spiro atoms. The van der Waals surface area contributed by atoms with E-state index in [1.165, 1.54) is 41.7 Å². The van der Waals surface area contributed by atoms with Gasteiger partial charge in [-0.15, -0.1) is 11.3 Å². The molecule has 1 atom stereocenters. The van der Waals surface area contributed by atoms with E-state index >= 15 is 0 Å². The van der Waals surface area contributed by atoms with Gasteiger partial charge < -0.3 is 5.11 Å². The maximum atomic E-state index is 14.8. The third-order valence-electron chi connectivity index (χ3n) is 4.99. The fourth-order valence-corrected chi connectivity index (χ4v) is 4.41. The van der Waals surface area contributed by atoms with Gasteiger partial charge in [0, 0.05) is 21.0 Å². The van der Waals surface area contributed by atoms with Crippen LogP contribution in [0, 0.1) is 19.7 Å². The lowest BCUT2D eigenvalue weighted by molar-refractivity contribution is -0.132. The number of Topliss-reactive ketones (excluding diaryl/α,β-unsaturated/α-hetero) is 1. The molecule has 3 aromatic rings. The maximum absolute atomic E-state index is 14.8. The molecule has 152 valence electrons. The largest absolute Gasteiger partial charge is 0.507 e. The van der Waals surface area contributed by atoms with Crippen LogP contribution in [0.2, 0.25) is 5.02 Å². The van der Waals surface area contributed by atoms with E-state index in [1.54, 1.807) is 25.1 Å². The van der Waals surface area contributed by atoms with Crippen molar-refractivity contribution in [1.29, 1.82) is 0 Å². The fraction of sp³-hybridized carbons (Fsp3) is 0.136. The summed E-state index contributed by atoms with van der Waals surface area (Å²) in [5, 5.41) is 11.7. The summed E-state index contributed by atoms with van der Waals surface area (Å²) in [5.41, 5.74) is 0.905. The predicted molar refractivity (Wildman–Crippen MR) is 114 cm³/mol. The fourth-order valence-electron chi connectivity index (χ4n) is 3.34. The highest BCUT2D eigenvalue weighted by atomic mass is 35.5. The van der Waals surface area contributed by atoms with E-state index in [2.05, 4.69) is 4.98 Å². The first-order valence-electron chi connectivity index (χ1n) is 9.05. The van der Waals surface area contributed by atoms with Crippen molar-refractivity contribution in [3.05, 3.63) is 86.6 Å². The molecule has 1 fully saturated rings. The van der Waals surface area contributed by atoms with Gasteiger partial charge in [0.1, 0.15) is 17.6 Å². The van der Waals surface area contributed by atoms with Crippen LogP contribution in [0.4, 0.5) is 9.52 Å². The van der Waals surface area contributed by atoms with Crippen LogP contribution in [-0.4, -0.2) is 21.8 Å². The normalized spacial score (nSPS) is 18.3. The molecule has 0 unspecified atom stereocenters. The van der Waals surface area contributed by atoms with Crippen molar-refractivity contribution >= 4 is 45.5 Å². The molecule has 0 saturated carbocycles. The molecule has 2 aromatic carbocycles. The van der Waals surface area contributed by atoms with Gasteiger partial charge in [-0.3, -0.25) is 14.5 Å². The minimum Gasteiger partial charge on any atom is -0.507 e. The van der Waals surface area contributed by atoms with Crippen LogP contribution >= 0.6 is 22.9 Å². The summed E-state index contributed by atoms with van der Waals surface area (Å²) in [6.07, 6.45) is 0. The Morgan fingerprint density at radius 1 is 1.13 bits per heavy atom. The average molecular weight is 443 g/mol. The minimum absolute atomic E-state index is 0.0951. The Labute approximate surface area is 181 Å². The van der Waals surface area contributed by atoms with Crippen molar-refractivity contribution in [3.8, 4) is 0 Å². The first-order valence-corrected chi connectivity index (χ1v) is 10.2. The van der Waals surface area contributed by atoms with E-state index in [-0.39, 0.29) is 16.3 Å². The van der Waals surface area contributed by atoms with E-state index in [0.717, 1.165) is 9.78 Å². The lowest BCUT2D eigenvalue weighted by Crippen LogP contribution is -2.29. The van der Waals surface area contributed by atoms with Gasteiger partial charge in [0.15, 0.2) is 5.13 Å². The Balaban J connectivity index is 1.97. The van der Waals surface area contributed by atoms with Crippen LogP contribution in [-0.2, 0) is 9.59 Å². The number of anilines is 1. The second-order valence-corrected chi connectivity index (χ2v) is 8.45. The third-order valence-corrected chi connectivity index (χ3v) is 6.31. The zero-order chi connectivity index (χ0) is 21.6. The van der Waals surface area contributed by atoms with E-state index in [0.29, 0.717) is 16.3 Å². The quantitative estimate of drug-likeness (QED) is 0.344. The Morgan fingerprint density at radius 2 is 1.80 bits per heavy atom. The van der Waals surface area contributed by atoms with E-state index in [9.17, 15) is 19.1 Å². The van der Waals surface area contributed by atoms with Gasteiger partial charge in [0.05, 0.1) is 11.3 Å². The molecule has 1 aliphatic rings. The lowest BCUT2D eigenvalue weighted by Gasteiger charge is -2.23. The minimum atomic E-state index is -1.15. The number of aliphatic hydroxyl groups excluding tert-OH is 1. The molecule has 0 bridgehead atoms. The number of thiazole rings is 1. The number of carbonyl (C=O) groups is 2. The summed E-state index contributed by atoms with van der Waals surface area (Å²) >= 11 is 7.14. The Hall–Kier alpha value is -3.03. The topological polar surface area (TPSA) is 70.5 Å². The van der Waals surface area contributed by atoms with Crippen LogP contribution < -0.4 is 4.90 Å². The number of halogens is 2. The maximum Gasteiger partial charge on any atom is 0.301 e. The highest BCUT2D eigenvalue weighted by Crippen LogP contribution is 2.44. The third kappa shape index (κ3) is 3.30. The van der Waals surface area contributed by atoms with Crippen molar-refractivity contribution in [2.45, 2.75) is 19.9 Å². The second-order valence-electron chi connectivity index (χ2n) is 6.84. The summed E-state index contributed by atoms with van der Waals surface area (Å²) in [5.74, 6) is -2.76. The van der Waals surface area contributed by atoms with Gasteiger partial charge in [-0.25, -0.2) is 9.37 Å². The standard InChI is InChI=1S/C22H16ClFN2O3S/c1-11-12(2)30-22(25-11)26-18(15-5-3-4-6-16(15)24)17(20(28)21(26)29)19(27)13-7-9-14(23)10-8-13/h3-10,18,27H,1-2H3/t18-/m0/s1. The average Bonchev–Trinajstić information content (AvgIpc) is 3.18. The van der Waals surface area contributed by atoms with E-state index < -0.39 is 29.3 Å². The van der Waals surface area contributed by atoms with E-state index in [4.69, 9.17) is 11.6 Å². The SMILES string of the molecule is Cc1nc(N2C(=O)C(=O)C(=C(O)c3ccc(Cl)cc3)[C@@H]2c2ccccc2F)sc1C. The number of carbonyl (C=O) groups excluding carboxylic acids is 2. The molecule has 1 aliphatic heterocycles. The summed E-state index contributed by atoms with van der Waals surface area (Å²) in [6.45, 7) is 3.64. The van der Waals surface area contributed by atoms with Crippen LogP contribution in [0.3, 0.4) is 0 Å². The Morgan fingerprint density at radius 3 is 2.40 bits per heavy atom. The molecule has 4 rings (SSSR count). The number of amides is 1. The molecule has 1 N–H and O–H groups in total. The number of hydrogen-bond acceptors (Lipinski definition) is 5. The second kappa shape index (κ2) is 7.66.